The summed E-state index contributed by atoms with van der Waals surface area (Å²) in [5.74, 6) is 0.491. The van der Waals surface area contributed by atoms with Crippen molar-refractivity contribution in [3.8, 4) is 0 Å². The maximum absolute atomic E-state index is 12.1. The van der Waals surface area contributed by atoms with Crippen LogP contribution in [0.1, 0.15) is 12.5 Å². The standard InChI is InChI=1S/C25H30N8O2S/c1-18-14-27-11-13-33(18)22-6-4-21(5-7-22)29-25-28-16-19-9-12-32(24(19)30-25)17-20-15-26-10-8-23(20)31(2)36(3,34)35/h4-10,12,15-16,18,27H,11,13-14,17H2,1-3H3,(H,28,29,30)/t18-/m0/s1. The van der Waals surface area contributed by atoms with Gasteiger partial charge in [0.1, 0.15) is 5.65 Å². The van der Waals surface area contributed by atoms with Crippen LogP contribution in [0.5, 0.6) is 0 Å². The number of pyridine rings is 1. The number of anilines is 4. The van der Waals surface area contributed by atoms with Gasteiger partial charge in [0.15, 0.2) is 0 Å². The molecule has 10 nitrogen and oxygen atoms in total. The molecule has 0 saturated carbocycles. The van der Waals surface area contributed by atoms with Crippen LogP contribution in [-0.2, 0) is 16.6 Å². The van der Waals surface area contributed by atoms with Gasteiger partial charge >= 0.3 is 0 Å². The molecule has 1 aromatic carbocycles. The number of hydrogen-bond acceptors (Lipinski definition) is 8. The number of sulfonamides is 1. The van der Waals surface area contributed by atoms with E-state index >= 15 is 0 Å². The first-order chi connectivity index (χ1) is 17.3. The Balaban J connectivity index is 1.37. The van der Waals surface area contributed by atoms with E-state index in [1.54, 1.807) is 31.7 Å². The molecule has 36 heavy (non-hydrogen) atoms. The van der Waals surface area contributed by atoms with E-state index in [9.17, 15) is 8.42 Å². The van der Waals surface area contributed by atoms with Gasteiger partial charge in [-0.15, -0.1) is 0 Å². The Kier molecular flexibility index (Phi) is 6.50. The Labute approximate surface area is 211 Å². The molecule has 0 radical (unpaired) electrons. The van der Waals surface area contributed by atoms with Gasteiger partial charge in [-0.2, -0.15) is 4.98 Å². The first-order valence-electron chi connectivity index (χ1n) is 11.8. The average Bonchev–Trinajstić information content (AvgIpc) is 3.26. The van der Waals surface area contributed by atoms with Gasteiger partial charge in [0.25, 0.3) is 0 Å². The number of benzene rings is 1. The van der Waals surface area contributed by atoms with E-state index in [0.29, 0.717) is 24.2 Å². The van der Waals surface area contributed by atoms with Gasteiger partial charge in [0.05, 0.1) is 18.5 Å². The molecule has 0 unspecified atom stereocenters. The topological polar surface area (TPSA) is 108 Å². The fraction of sp³-hybridized carbons (Fsp3) is 0.320. The molecular weight excluding hydrogens is 476 g/mol. The minimum Gasteiger partial charge on any atom is -0.366 e. The maximum Gasteiger partial charge on any atom is 0.232 e. The van der Waals surface area contributed by atoms with Crippen molar-refractivity contribution in [2.24, 2.45) is 0 Å². The lowest BCUT2D eigenvalue weighted by Crippen LogP contribution is -2.49. The van der Waals surface area contributed by atoms with E-state index in [1.807, 2.05) is 29.0 Å². The second kappa shape index (κ2) is 9.75. The number of nitrogens with zero attached hydrogens (tertiary/aromatic N) is 6. The molecule has 1 fully saturated rings. The third-order valence-electron chi connectivity index (χ3n) is 6.51. The minimum atomic E-state index is -3.40. The third-order valence-corrected chi connectivity index (χ3v) is 7.71. The van der Waals surface area contributed by atoms with Crippen LogP contribution in [0.3, 0.4) is 0 Å². The smallest absolute Gasteiger partial charge is 0.232 e. The summed E-state index contributed by atoms with van der Waals surface area (Å²) in [7, 11) is -1.86. The summed E-state index contributed by atoms with van der Waals surface area (Å²) >= 11 is 0. The molecule has 1 aliphatic rings. The molecule has 1 saturated heterocycles. The summed E-state index contributed by atoms with van der Waals surface area (Å²) in [4.78, 5) is 15.8. The number of aromatic nitrogens is 4. The zero-order chi connectivity index (χ0) is 25.3. The Morgan fingerprint density at radius 3 is 2.72 bits per heavy atom. The number of nitrogens with one attached hydrogen (secondary N) is 2. The van der Waals surface area contributed by atoms with Gasteiger partial charge in [-0.3, -0.25) is 9.29 Å². The Hall–Kier alpha value is -3.70. The molecule has 188 valence electrons. The van der Waals surface area contributed by atoms with E-state index in [1.165, 1.54) is 16.2 Å². The molecule has 0 bridgehead atoms. The van der Waals surface area contributed by atoms with Crippen LogP contribution in [0, 0.1) is 0 Å². The Morgan fingerprint density at radius 1 is 1.17 bits per heavy atom. The van der Waals surface area contributed by atoms with Gasteiger partial charge < -0.3 is 20.1 Å². The number of rotatable bonds is 7. The summed E-state index contributed by atoms with van der Waals surface area (Å²) in [5.41, 5.74) is 4.21. The van der Waals surface area contributed by atoms with Crippen LogP contribution in [0.15, 0.2) is 61.2 Å². The monoisotopic (exact) mass is 506 g/mol. The zero-order valence-corrected chi connectivity index (χ0v) is 21.4. The molecule has 0 aliphatic carbocycles. The van der Waals surface area contributed by atoms with Gasteiger partial charge in [-0.05, 0) is 43.3 Å². The first kappa shape index (κ1) is 24.0. The van der Waals surface area contributed by atoms with Crippen LogP contribution in [-0.4, -0.2) is 66.9 Å². The predicted octanol–water partition coefficient (Wildman–Crippen LogP) is 2.81. The summed E-state index contributed by atoms with van der Waals surface area (Å²) in [6.45, 7) is 5.61. The van der Waals surface area contributed by atoms with Crippen molar-refractivity contribution in [3.63, 3.8) is 0 Å². The van der Waals surface area contributed by atoms with Crippen molar-refractivity contribution in [3.05, 3.63) is 66.7 Å². The van der Waals surface area contributed by atoms with Crippen LogP contribution in [0.2, 0.25) is 0 Å². The summed E-state index contributed by atoms with van der Waals surface area (Å²) < 4.78 is 27.4. The molecular formula is C25H30N8O2S. The van der Waals surface area contributed by atoms with Crippen molar-refractivity contribution < 1.29 is 8.42 Å². The van der Waals surface area contributed by atoms with E-state index in [-0.39, 0.29) is 0 Å². The van der Waals surface area contributed by atoms with Gasteiger partial charge in [0.2, 0.25) is 16.0 Å². The number of fused-ring (bicyclic) bond motifs is 1. The molecule has 5 rings (SSSR count). The Morgan fingerprint density at radius 2 is 1.97 bits per heavy atom. The molecule has 4 aromatic rings. The fourth-order valence-corrected chi connectivity index (χ4v) is 4.99. The molecule has 0 spiro atoms. The average molecular weight is 507 g/mol. The highest BCUT2D eigenvalue weighted by atomic mass is 32.2. The molecule has 4 heterocycles. The first-order valence-corrected chi connectivity index (χ1v) is 13.7. The lowest BCUT2D eigenvalue weighted by atomic mass is 10.1. The van der Waals surface area contributed by atoms with E-state index in [2.05, 4.69) is 44.6 Å². The highest BCUT2D eigenvalue weighted by molar-refractivity contribution is 7.92. The summed E-state index contributed by atoms with van der Waals surface area (Å²) in [6, 6.07) is 12.4. The molecule has 3 aromatic heterocycles. The second-order valence-corrected chi connectivity index (χ2v) is 11.1. The maximum atomic E-state index is 12.1. The highest BCUT2D eigenvalue weighted by Crippen LogP contribution is 2.25. The highest BCUT2D eigenvalue weighted by Gasteiger charge is 2.19. The molecule has 0 amide bonds. The number of piperazine rings is 1. The van der Waals surface area contributed by atoms with Gasteiger partial charge in [-0.1, -0.05) is 0 Å². The van der Waals surface area contributed by atoms with Gasteiger partial charge in [-0.25, -0.2) is 13.4 Å². The van der Waals surface area contributed by atoms with E-state index in [0.717, 1.165) is 41.9 Å². The molecule has 11 heteroatoms. The zero-order valence-electron chi connectivity index (χ0n) is 20.6. The largest absolute Gasteiger partial charge is 0.366 e. The summed E-state index contributed by atoms with van der Waals surface area (Å²) in [6.07, 6.45) is 8.16. The van der Waals surface area contributed by atoms with Crippen LogP contribution in [0.25, 0.3) is 11.0 Å². The minimum absolute atomic E-state index is 0.417. The van der Waals surface area contributed by atoms with Crippen LogP contribution in [0.4, 0.5) is 23.0 Å². The van der Waals surface area contributed by atoms with Crippen molar-refractivity contribution in [2.45, 2.75) is 19.5 Å². The quantitative estimate of drug-likeness (QED) is 0.394. The lowest BCUT2D eigenvalue weighted by molar-refractivity contribution is 0.501. The van der Waals surface area contributed by atoms with Crippen molar-refractivity contribution in [2.75, 3.05) is 47.5 Å². The Bertz CT molecular complexity index is 1470. The third kappa shape index (κ3) is 4.98. The van der Waals surface area contributed by atoms with Crippen LogP contribution >= 0.6 is 0 Å². The second-order valence-electron chi connectivity index (χ2n) is 9.07. The SMILES string of the molecule is C[C@H]1CNCCN1c1ccc(Nc2ncc3ccn(Cc4cnccc4N(C)S(C)(=O)=O)c3n2)cc1. The van der Waals surface area contributed by atoms with Gasteiger partial charge in [0, 0.05) is 79.8 Å². The van der Waals surface area contributed by atoms with E-state index < -0.39 is 10.0 Å². The van der Waals surface area contributed by atoms with Crippen molar-refractivity contribution in [1.29, 1.82) is 0 Å². The predicted molar refractivity (Wildman–Crippen MR) is 144 cm³/mol. The van der Waals surface area contributed by atoms with Crippen molar-refractivity contribution >= 4 is 44.1 Å². The lowest BCUT2D eigenvalue weighted by Gasteiger charge is -2.36. The fourth-order valence-electron chi connectivity index (χ4n) is 4.46. The van der Waals surface area contributed by atoms with Crippen LogP contribution < -0.4 is 19.8 Å². The normalized spacial score (nSPS) is 16.3. The van der Waals surface area contributed by atoms with Crippen molar-refractivity contribution in [1.82, 2.24) is 24.8 Å². The molecule has 2 N–H and O–H groups in total. The molecule has 1 atom stereocenters. The molecule has 1 aliphatic heterocycles. The number of hydrogen-bond donors (Lipinski definition) is 2. The van der Waals surface area contributed by atoms with E-state index in [4.69, 9.17) is 4.98 Å². The summed E-state index contributed by atoms with van der Waals surface area (Å²) in [5, 5.41) is 7.62.